The lowest BCUT2D eigenvalue weighted by Crippen LogP contribution is -2.19. The van der Waals surface area contributed by atoms with E-state index in [-0.39, 0.29) is 12.0 Å². The molecule has 0 spiro atoms. The topological polar surface area (TPSA) is 61.5 Å². The molecule has 4 nitrogen and oxygen atoms in total. The number of hydrogen-bond acceptors (Lipinski definition) is 4. The standard InChI is InChI=1S/C11H11F4NO3/c1-18-10(17)5-8(16)6-2-3-9(7(12)4-6)19-11(13,14)15/h2-4,8H,5,16H2,1H3. The molecule has 106 valence electrons. The van der Waals surface area contributed by atoms with Gasteiger partial charge in [0.1, 0.15) is 0 Å². The maximum atomic E-state index is 13.4. The van der Waals surface area contributed by atoms with Crippen LogP contribution in [0.2, 0.25) is 0 Å². The van der Waals surface area contributed by atoms with Crippen molar-refractivity contribution in [1.29, 1.82) is 0 Å². The molecule has 0 saturated heterocycles. The molecule has 0 aliphatic carbocycles. The Morgan fingerprint density at radius 2 is 2.05 bits per heavy atom. The van der Waals surface area contributed by atoms with E-state index in [1.807, 2.05) is 0 Å². The summed E-state index contributed by atoms with van der Waals surface area (Å²) in [6, 6.07) is 1.86. The lowest BCUT2D eigenvalue weighted by Gasteiger charge is -2.13. The summed E-state index contributed by atoms with van der Waals surface area (Å²) in [5, 5.41) is 0. The summed E-state index contributed by atoms with van der Waals surface area (Å²) >= 11 is 0. The molecule has 1 aromatic rings. The minimum Gasteiger partial charge on any atom is -0.469 e. The lowest BCUT2D eigenvalue weighted by atomic mass is 10.0. The summed E-state index contributed by atoms with van der Waals surface area (Å²) in [5.41, 5.74) is 5.75. The van der Waals surface area contributed by atoms with Gasteiger partial charge in [-0.15, -0.1) is 13.2 Å². The van der Waals surface area contributed by atoms with Crippen molar-refractivity contribution in [3.05, 3.63) is 29.6 Å². The van der Waals surface area contributed by atoms with Gasteiger partial charge in [0.15, 0.2) is 11.6 Å². The minimum absolute atomic E-state index is 0.164. The Morgan fingerprint density at radius 3 is 2.53 bits per heavy atom. The number of carbonyl (C=O) groups is 1. The Morgan fingerprint density at radius 1 is 1.42 bits per heavy atom. The van der Waals surface area contributed by atoms with Crippen LogP contribution in [0.4, 0.5) is 17.6 Å². The number of hydrogen-bond donors (Lipinski definition) is 1. The van der Waals surface area contributed by atoms with Crippen LogP contribution in [0.25, 0.3) is 0 Å². The fraction of sp³-hybridized carbons (Fsp3) is 0.364. The van der Waals surface area contributed by atoms with E-state index < -0.39 is 29.9 Å². The number of carbonyl (C=O) groups excluding carboxylic acids is 1. The summed E-state index contributed by atoms with van der Waals surface area (Å²) in [6.45, 7) is 0. The first-order valence-corrected chi connectivity index (χ1v) is 5.10. The maximum Gasteiger partial charge on any atom is 0.573 e. The third-order valence-corrected chi connectivity index (χ3v) is 2.22. The zero-order chi connectivity index (χ0) is 14.6. The van der Waals surface area contributed by atoms with Gasteiger partial charge in [0.05, 0.1) is 13.5 Å². The van der Waals surface area contributed by atoms with E-state index in [2.05, 4.69) is 9.47 Å². The Hall–Kier alpha value is -1.83. The van der Waals surface area contributed by atoms with Crippen LogP contribution in [0.1, 0.15) is 18.0 Å². The predicted molar refractivity (Wildman–Crippen MR) is 56.6 cm³/mol. The van der Waals surface area contributed by atoms with Crippen LogP contribution >= 0.6 is 0 Å². The molecule has 1 atom stereocenters. The van der Waals surface area contributed by atoms with Gasteiger partial charge in [0.2, 0.25) is 0 Å². The van der Waals surface area contributed by atoms with Gasteiger partial charge in [-0.05, 0) is 17.7 Å². The molecule has 1 rings (SSSR count). The van der Waals surface area contributed by atoms with Crippen molar-refractivity contribution in [2.24, 2.45) is 5.73 Å². The zero-order valence-electron chi connectivity index (χ0n) is 9.83. The summed E-state index contributed by atoms with van der Waals surface area (Å²) < 4.78 is 57.0. The molecule has 1 aromatic carbocycles. The molecule has 1 unspecified atom stereocenters. The molecular formula is C11H11F4NO3. The normalized spacial score (nSPS) is 12.9. The van der Waals surface area contributed by atoms with Crippen molar-refractivity contribution < 1.29 is 31.8 Å². The van der Waals surface area contributed by atoms with E-state index in [1.54, 1.807) is 0 Å². The predicted octanol–water partition coefficient (Wildman–Crippen LogP) is 2.29. The van der Waals surface area contributed by atoms with Gasteiger partial charge in [0, 0.05) is 6.04 Å². The van der Waals surface area contributed by atoms with E-state index in [0.29, 0.717) is 0 Å². The van der Waals surface area contributed by atoms with E-state index in [9.17, 15) is 22.4 Å². The average molecular weight is 281 g/mol. The second-order valence-electron chi connectivity index (χ2n) is 3.62. The molecule has 0 aliphatic heterocycles. The number of esters is 1. The molecular weight excluding hydrogens is 270 g/mol. The molecule has 2 N–H and O–H groups in total. The fourth-order valence-corrected chi connectivity index (χ4v) is 1.34. The highest BCUT2D eigenvalue weighted by Gasteiger charge is 2.32. The van der Waals surface area contributed by atoms with Gasteiger partial charge >= 0.3 is 12.3 Å². The molecule has 0 heterocycles. The first kappa shape index (κ1) is 15.2. The van der Waals surface area contributed by atoms with Crippen LogP contribution in [0, 0.1) is 5.82 Å². The van der Waals surface area contributed by atoms with Crippen molar-refractivity contribution in [1.82, 2.24) is 0 Å². The monoisotopic (exact) mass is 281 g/mol. The van der Waals surface area contributed by atoms with E-state index >= 15 is 0 Å². The van der Waals surface area contributed by atoms with Gasteiger partial charge in [0.25, 0.3) is 0 Å². The molecule has 0 amide bonds. The third kappa shape index (κ3) is 4.74. The second-order valence-corrected chi connectivity index (χ2v) is 3.62. The van der Waals surface area contributed by atoms with Gasteiger partial charge in [-0.3, -0.25) is 4.79 Å². The smallest absolute Gasteiger partial charge is 0.469 e. The minimum atomic E-state index is -4.98. The highest BCUT2D eigenvalue weighted by atomic mass is 19.4. The number of nitrogens with two attached hydrogens (primary N) is 1. The highest BCUT2D eigenvalue weighted by molar-refractivity contribution is 5.70. The number of alkyl halides is 3. The second kappa shape index (κ2) is 5.87. The summed E-state index contributed by atoms with van der Waals surface area (Å²) in [5.74, 6) is -2.78. The van der Waals surface area contributed by atoms with Crippen LogP contribution in [0.15, 0.2) is 18.2 Å². The number of benzene rings is 1. The van der Waals surface area contributed by atoms with Crippen molar-refractivity contribution in [3.8, 4) is 5.75 Å². The van der Waals surface area contributed by atoms with Gasteiger partial charge < -0.3 is 15.2 Å². The van der Waals surface area contributed by atoms with E-state index in [1.165, 1.54) is 0 Å². The number of rotatable bonds is 4. The number of methoxy groups -OCH3 is 1. The Balaban J connectivity index is 2.84. The number of halogens is 4. The SMILES string of the molecule is COC(=O)CC(N)c1ccc(OC(F)(F)F)c(F)c1. The van der Waals surface area contributed by atoms with Gasteiger partial charge in [-0.1, -0.05) is 6.07 Å². The number of ether oxygens (including phenoxy) is 2. The molecule has 0 aliphatic rings. The average Bonchev–Trinajstić information content (AvgIpc) is 2.29. The van der Waals surface area contributed by atoms with Crippen LogP contribution in [-0.4, -0.2) is 19.4 Å². The lowest BCUT2D eigenvalue weighted by molar-refractivity contribution is -0.275. The van der Waals surface area contributed by atoms with Crippen LogP contribution in [0.3, 0.4) is 0 Å². The Kier molecular flexibility index (Phi) is 4.71. The van der Waals surface area contributed by atoms with Crippen LogP contribution in [-0.2, 0) is 9.53 Å². The van der Waals surface area contributed by atoms with E-state index in [4.69, 9.17) is 5.73 Å². The Bertz CT molecular complexity index is 462. The van der Waals surface area contributed by atoms with E-state index in [0.717, 1.165) is 25.3 Å². The van der Waals surface area contributed by atoms with Gasteiger partial charge in [-0.2, -0.15) is 0 Å². The Labute approximate surface area is 106 Å². The third-order valence-electron chi connectivity index (χ3n) is 2.22. The van der Waals surface area contributed by atoms with Crippen molar-refractivity contribution in [3.63, 3.8) is 0 Å². The molecule has 0 aromatic heterocycles. The molecule has 0 bridgehead atoms. The first-order valence-electron chi connectivity index (χ1n) is 5.10. The maximum absolute atomic E-state index is 13.4. The molecule has 0 fully saturated rings. The molecule has 0 radical (unpaired) electrons. The summed E-state index contributed by atoms with van der Waals surface area (Å²) in [6.07, 6.45) is -5.19. The molecule has 8 heteroatoms. The summed E-state index contributed by atoms with van der Waals surface area (Å²) in [7, 11) is 1.16. The van der Waals surface area contributed by atoms with Crippen molar-refractivity contribution in [2.75, 3.05) is 7.11 Å². The first-order chi connectivity index (χ1) is 8.73. The van der Waals surface area contributed by atoms with Gasteiger partial charge in [-0.25, -0.2) is 4.39 Å². The largest absolute Gasteiger partial charge is 0.573 e. The zero-order valence-corrected chi connectivity index (χ0v) is 9.83. The highest BCUT2D eigenvalue weighted by Crippen LogP contribution is 2.27. The van der Waals surface area contributed by atoms with Crippen LogP contribution in [0.5, 0.6) is 5.75 Å². The quantitative estimate of drug-likeness (QED) is 0.679. The van der Waals surface area contributed by atoms with Crippen molar-refractivity contribution in [2.45, 2.75) is 18.8 Å². The summed E-state index contributed by atoms with van der Waals surface area (Å²) in [4.78, 5) is 11.0. The fourth-order valence-electron chi connectivity index (χ4n) is 1.34. The molecule has 0 saturated carbocycles. The molecule has 19 heavy (non-hydrogen) atoms. The van der Waals surface area contributed by atoms with Crippen LogP contribution < -0.4 is 10.5 Å². The van der Waals surface area contributed by atoms with Crippen molar-refractivity contribution >= 4 is 5.97 Å².